The Morgan fingerprint density at radius 3 is 2.23 bits per heavy atom. The summed E-state index contributed by atoms with van der Waals surface area (Å²) in [6, 6.07) is 19.2. The number of carbonyl (C=O) groups is 1. The standard InChI is InChI=1S/C28H23ClO2.C7H16.C4H9F/c1-3-5-27(31)21-10-14-25-20(17-21)6-4-7-26(24-15-11-22(29)16-18(24)2)28(25)19-8-12-23(30)13-9-19;1-4-6-7(3)5-2;1-2-3-4-5/h1,8-17,30H,4-7H2,2H3;7H,4-6H2,1-3H3;2-4H2,1H3. The van der Waals surface area contributed by atoms with Gasteiger partial charge in [-0.2, -0.15) is 0 Å². The molecule has 230 valence electrons. The summed E-state index contributed by atoms with van der Waals surface area (Å²) in [6.07, 6.45) is 14.0. The van der Waals surface area contributed by atoms with Crippen molar-refractivity contribution in [3.63, 3.8) is 0 Å². The van der Waals surface area contributed by atoms with Crippen molar-refractivity contribution in [3.8, 4) is 18.1 Å². The van der Waals surface area contributed by atoms with Gasteiger partial charge < -0.3 is 5.11 Å². The van der Waals surface area contributed by atoms with Gasteiger partial charge in [0.1, 0.15) is 5.75 Å². The number of unbranched alkanes of at least 4 members (excludes halogenated alkanes) is 1. The van der Waals surface area contributed by atoms with Crippen molar-refractivity contribution in [2.45, 2.75) is 92.4 Å². The predicted octanol–water partition coefficient (Wildman–Crippen LogP) is 11.4. The van der Waals surface area contributed by atoms with Gasteiger partial charge in [0.25, 0.3) is 0 Å². The van der Waals surface area contributed by atoms with Gasteiger partial charge >= 0.3 is 0 Å². The molecular formula is C39H48ClFO2. The number of terminal acetylenes is 1. The molecule has 1 aliphatic rings. The Balaban J connectivity index is 0.000000455. The predicted molar refractivity (Wildman–Crippen MR) is 183 cm³/mol. The lowest BCUT2D eigenvalue weighted by Gasteiger charge is -2.18. The number of rotatable bonds is 9. The number of halogens is 2. The van der Waals surface area contributed by atoms with Crippen LogP contribution in [0.2, 0.25) is 5.02 Å². The van der Waals surface area contributed by atoms with E-state index in [2.05, 4.69) is 39.7 Å². The van der Waals surface area contributed by atoms with Crippen LogP contribution >= 0.6 is 11.6 Å². The van der Waals surface area contributed by atoms with Crippen LogP contribution in [-0.2, 0) is 6.42 Å². The lowest BCUT2D eigenvalue weighted by atomic mass is 9.86. The van der Waals surface area contributed by atoms with Crippen LogP contribution < -0.4 is 0 Å². The zero-order valence-electron chi connectivity index (χ0n) is 26.6. The molecule has 0 aliphatic heterocycles. The summed E-state index contributed by atoms with van der Waals surface area (Å²) in [5, 5.41) is 10.5. The van der Waals surface area contributed by atoms with Crippen LogP contribution in [0.15, 0.2) is 60.7 Å². The minimum atomic E-state index is -0.156. The van der Waals surface area contributed by atoms with Gasteiger partial charge in [-0.05, 0) is 108 Å². The molecule has 0 heterocycles. The summed E-state index contributed by atoms with van der Waals surface area (Å²) in [4.78, 5) is 12.4. The Morgan fingerprint density at radius 2 is 1.70 bits per heavy atom. The maximum absolute atomic E-state index is 12.4. The number of Topliss-reactive ketones (excluding diaryl/α,β-unsaturated/α-hetero) is 1. The third kappa shape index (κ3) is 11.0. The number of fused-ring (bicyclic) bond motifs is 1. The Bertz CT molecular complexity index is 1380. The Morgan fingerprint density at radius 1 is 1.00 bits per heavy atom. The minimum absolute atomic E-state index is 0.0292. The number of phenolic OH excluding ortho intramolecular Hbond substituents is 1. The number of allylic oxidation sites excluding steroid dienone is 1. The van der Waals surface area contributed by atoms with E-state index < -0.39 is 0 Å². The third-order valence-corrected chi connectivity index (χ3v) is 8.00. The van der Waals surface area contributed by atoms with Crippen LogP contribution in [0.4, 0.5) is 4.39 Å². The molecule has 4 heteroatoms. The molecule has 0 aromatic heterocycles. The van der Waals surface area contributed by atoms with Crippen LogP contribution in [0, 0.1) is 25.2 Å². The molecule has 0 radical (unpaired) electrons. The quantitative estimate of drug-likeness (QED) is 0.195. The van der Waals surface area contributed by atoms with Crippen LogP contribution in [0.5, 0.6) is 5.75 Å². The van der Waals surface area contributed by atoms with Crippen molar-refractivity contribution in [2.24, 2.45) is 5.92 Å². The first-order valence-corrected chi connectivity index (χ1v) is 16.0. The van der Waals surface area contributed by atoms with Gasteiger partial charge in [0, 0.05) is 10.6 Å². The van der Waals surface area contributed by atoms with Crippen molar-refractivity contribution in [1.29, 1.82) is 0 Å². The van der Waals surface area contributed by atoms with Crippen LogP contribution in [0.1, 0.15) is 117 Å². The molecule has 0 saturated heterocycles. The number of phenols is 1. The van der Waals surface area contributed by atoms with Crippen molar-refractivity contribution >= 4 is 28.5 Å². The van der Waals surface area contributed by atoms with E-state index in [1.165, 1.54) is 30.4 Å². The number of aromatic hydroxyl groups is 1. The highest BCUT2D eigenvalue weighted by Crippen LogP contribution is 2.41. The van der Waals surface area contributed by atoms with E-state index in [1.807, 2.05) is 49.4 Å². The molecule has 43 heavy (non-hydrogen) atoms. The number of benzene rings is 3. The fraction of sp³-hybridized carbons (Fsp3) is 0.410. The summed E-state index contributed by atoms with van der Waals surface area (Å²) >= 11 is 6.22. The van der Waals surface area contributed by atoms with E-state index in [9.17, 15) is 14.3 Å². The summed E-state index contributed by atoms with van der Waals surface area (Å²) < 4.78 is 11.0. The first-order valence-electron chi connectivity index (χ1n) is 15.6. The first-order chi connectivity index (χ1) is 20.7. The summed E-state index contributed by atoms with van der Waals surface area (Å²) in [6.45, 7) is 10.7. The monoisotopic (exact) mass is 602 g/mol. The highest BCUT2D eigenvalue weighted by molar-refractivity contribution is 6.30. The average Bonchev–Trinajstić information content (AvgIpc) is 3.18. The van der Waals surface area contributed by atoms with Crippen molar-refractivity contribution in [1.82, 2.24) is 0 Å². The lowest BCUT2D eigenvalue weighted by Crippen LogP contribution is -2.02. The van der Waals surface area contributed by atoms with Crippen LogP contribution in [-0.4, -0.2) is 17.6 Å². The number of ketones is 1. The Hall–Kier alpha value is -3.35. The lowest BCUT2D eigenvalue weighted by molar-refractivity contribution is 0.0998. The smallest absolute Gasteiger partial charge is 0.174 e. The minimum Gasteiger partial charge on any atom is -0.508 e. The van der Waals surface area contributed by atoms with Gasteiger partial charge in [-0.3, -0.25) is 9.18 Å². The fourth-order valence-electron chi connectivity index (χ4n) is 5.18. The second kappa shape index (κ2) is 19.0. The fourth-order valence-corrected chi connectivity index (χ4v) is 5.41. The number of aryl methyl sites for hydroxylation is 2. The van der Waals surface area contributed by atoms with Gasteiger partial charge in [-0.1, -0.05) is 101 Å². The molecule has 4 rings (SSSR count). The molecule has 1 atom stereocenters. The van der Waals surface area contributed by atoms with E-state index in [1.54, 1.807) is 12.1 Å². The molecular weight excluding hydrogens is 555 g/mol. The summed E-state index contributed by atoms with van der Waals surface area (Å²) in [7, 11) is 0. The van der Waals surface area contributed by atoms with Crippen LogP contribution in [0.3, 0.4) is 0 Å². The van der Waals surface area contributed by atoms with Crippen LogP contribution in [0.25, 0.3) is 11.1 Å². The molecule has 0 spiro atoms. The van der Waals surface area contributed by atoms with Gasteiger partial charge in [-0.15, -0.1) is 6.42 Å². The van der Waals surface area contributed by atoms with Crippen molar-refractivity contribution < 1.29 is 14.3 Å². The van der Waals surface area contributed by atoms with Gasteiger partial charge in [-0.25, -0.2) is 0 Å². The van der Waals surface area contributed by atoms with E-state index in [0.717, 1.165) is 70.9 Å². The summed E-state index contributed by atoms with van der Waals surface area (Å²) in [5.41, 5.74) is 8.64. The van der Waals surface area contributed by atoms with Crippen molar-refractivity contribution in [2.75, 3.05) is 6.67 Å². The molecule has 0 bridgehead atoms. The topological polar surface area (TPSA) is 37.3 Å². The molecule has 0 amide bonds. The average molecular weight is 603 g/mol. The molecule has 3 aromatic rings. The second-order valence-corrected chi connectivity index (χ2v) is 11.7. The number of hydrogen-bond donors (Lipinski definition) is 1. The SMILES string of the molecule is C#CCC(=O)c1ccc2c(c1)CCCC(c1ccc(Cl)cc1C)=C2c1ccc(O)cc1.CCCC(C)CC.CCCCF. The maximum Gasteiger partial charge on any atom is 0.174 e. The molecule has 1 aliphatic carbocycles. The molecule has 1 N–H and O–H groups in total. The molecule has 1 unspecified atom stereocenters. The Kier molecular flexibility index (Phi) is 15.9. The normalized spacial score (nSPS) is 12.9. The molecule has 0 fully saturated rings. The maximum atomic E-state index is 12.4. The van der Waals surface area contributed by atoms with E-state index >= 15 is 0 Å². The van der Waals surface area contributed by atoms with E-state index in [-0.39, 0.29) is 24.6 Å². The molecule has 3 aromatic carbocycles. The van der Waals surface area contributed by atoms with Crippen molar-refractivity contribution in [3.05, 3.63) is 99.1 Å². The zero-order chi connectivity index (χ0) is 31.8. The first kappa shape index (κ1) is 35.8. The Labute approximate surface area is 264 Å². The highest BCUT2D eigenvalue weighted by atomic mass is 35.5. The summed E-state index contributed by atoms with van der Waals surface area (Å²) in [5.74, 6) is 3.60. The molecule has 2 nitrogen and oxygen atoms in total. The molecule has 0 saturated carbocycles. The third-order valence-electron chi connectivity index (χ3n) is 7.77. The van der Waals surface area contributed by atoms with E-state index in [4.69, 9.17) is 18.0 Å². The largest absolute Gasteiger partial charge is 0.508 e. The van der Waals surface area contributed by atoms with E-state index in [0.29, 0.717) is 5.56 Å². The second-order valence-electron chi connectivity index (χ2n) is 11.2. The van der Waals surface area contributed by atoms with Gasteiger partial charge in [0.05, 0.1) is 13.1 Å². The zero-order valence-corrected chi connectivity index (χ0v) is 27.4. The number of hydrogen-bond acceptors (Lipinski definition) is 2. The number of alkyl halides is 1. The van der Waals surface area contributed by atoms with Gasteiger partial charge in [0.15, 0.2) is 5.78 Å². The highest BCUT2D eigenvalue weighted by Gasteiger charge is 2.22. The van der Waals surface area contributed by atoms with Gasteiger partial charge in [0.2, 0.25) is 0 Å². The number of carbonyl (C=O) groups excluding carboxylic acids is 1.